The minimum absolute atomic E-state index is 0.100. The van der Waals surface area contributed by atoms with Crippen molar-refractivity contribution in [1.82, 2.24) is 5.32 Å². The highest BCUT2D eigenvalue weighted by molar-refractivity contribution is 6.33. The third kappa shape index (κ3) is 5.80. The predicted octanol–water partition coefficient (Wildman–Crippen LogP) is 2.20. The quantitative estimate of drug-likeness (QED) is 0.499. The molecule has 0 aromatic heterocycles. The molecule has 0 radical (unpaired) electrons. The van der Waals surface area contributed by atoms with E-state index in [0.29, 0.717) is 5.02 Å². The number of carboxylic acid groups (broad SMARTS) is 2. The highest BCUT2D eigenvalue weighted by atomic mass is 35.5. The number of nitrogens with one attached hydrogen (secondary N) is 1. The van der Waals surface area contributed by atoms with E-state index in [-0.39, 0.29) is 12.8 Å². The number of benzene rings is 2. The summed E-state index contributed by atoms with van der Waals surface area (Å²) >= 11 is 6.19. The lowest BCUT2D eigenvalue weighted by Crippen LogP contribution is -2.42. The van der Waals surface area contributed by atoms with E-state index in [9.17, 15) is 19.5 Å². The molecule has 0 fully saturated rings. The number of aliphatic carboxylic acids is 2. The summed E-state index contributed by atoms with van der Waals surface area (Å²) in [5, 5.41) is 30.0. The van der Waals surface area contributed by atoms with Crippen molar-refractivity contribution in [3.05, 3.63) is 59.1 Å². The van der Waals surface area contributed by atoms with Gasteiger partial charge in [0.25, 0.3) is 0 Å². The van der Waals surface area contributed by atoms with Gasteiger partial charge in [-0.1, -0.05) is 54.1 Å². The van der Waals surface area contributed by atoms with Crippen molar-refractivity contribution in [2.24, 2.45) is 5.92 Å². The van der Waals surface area contributed by atoms with Crippen LogP contribution in [-0.4, -0.2) is 45.8 Å². The van der Waals surface area contributed by atoms with Gasteiger partial charge in [0.1, 0.15) is 0 Å². The van der Waals surface area contributed by atoms with Crippen LogP contribution < -0.4 is 5.32 Å². The van der Waals surface area contributed by atoms with Crippen molar-refractivity contribution < 1.29 is 29.7 Å². The summed E-state index contributed by atoms with van der Waals surface area (Å²) in [5.41, 5.74) is 2.52. The van der Waals surface area contributed by atoms with E-state index in [1.807, 2.05) is 30.3 Å². The molecule has 8 heteroatoms. The number of carboxylic acids is 2. The number of halogens is 1. The first-order valence-corrected chi connectivity index (χ1v) is 8.91. The minimum Gasteiger partial charge on any atom is -0.481 e. The Morgan fingerprint density at radius 3 is 2.18 bits per heavy atom. The van der Waals surface area contributed by atoms with Gasteiger partial charge in [0.05, 0.1) is 12.5 Å². The van der Waals surface area contributed by atoms with Crippen molar-refractivity contribution in [3.8, 4) is 11.1 Å². The molecule has 2 aromatic rings. The summed E-state index contributed by atoms with van der Waals surface area (Å²) in [4.78, 5) is 33.5. The van der Waals surface area contributed by atoms with Crippen molar-refractivity contribution in [3.63, 3.8) is 0 Å². The first-order valence-electron chi connectivity index (χ1n) is 8.53. The van der Waals surface area contributed by atoms with Crippen LogP contribution in [0.1, 0.15) is 12.0 Å². The highest BCUT2D eigenvalue weighted by Crippen LogP contribution is 2.27. The van der Waals surface area contributed by atoms with E-state index in [4.69, 9.17) is 21.8 Å². The Bertz CT molecular complexity index is 852. The van der Waals surface area contributed by atoms with Gasteiger partial charge in [0, 0.05) is 16.6 Å². The fourth-order valence-corrected chi connectivity index (χ4v) is 3.08. The molecule has 0 aliphatic rings. The average Bonchev–Trinajstić information content (AvgIpc) is 2.66. The van der Waals surface area contributed by atoms with Crippen molar-refractivity contribution in [2.75, 3.05) is 6.61 Å². The summed E-state index contributed by atoms with van der Waals surface area (Å²) in [6, 6.07) is 13.9. The van der Waals surface area contributed by atoms with E-state index < -0.39 is 36.4 Å². The van der Waals surface area contributed by atoms with Gasteiger partial charge in [-0.05, 0) is 30.0 Å². The van der Waals surface area contributed by atoms with Crippen LogP contribution in [0.15, 0.2) is 48.5 Å². The van der Waals surface area contributed by atoms with Crippen LogP contribution in [0.25, 0.3) is 11.1 Å². The Kier molecular flexibility index (Phi) is 7.54. The highest BCUT2D eigenvalue weighted by Gasteiger charge is 2.25. The molecule has 0 heterocycles. The van der Waals surface area contributed by atoms with Gasteiger partial charge < -0.3 is 20.6 Å². The summed E-state index contributed by atoms with van der Waals surface area (Å²) < 4.78 is 0. The SMILES string of the molecule is O=C(O)C(=O)NC(Cc1ccc(-c2ccccc2Cl)cc1)CC(CO)C(=O)O. The molecule has 2 aromatic carbocycles. The van der Waals surface area contributed by atoms with Crippen molar-refractivity contribution in [1.29, 1.82) is 0 Å². The molecular weight excluding hydrogens is 386 g/mol. The fourth-order valence-electron chi connectivity index (χ4n) is 2.84. The number of aliphatic hydroxyl groups excluding tert-OH is 1. The van der Waals surface area contributed by atoms with Gasteiger partial charge in [-0.2, -0.15) is 0 Å². The molecule has 1 amide bonds. The number of amides is 1. The molecule has 2 rings (SSSR count). The number of hydrogen-bond acceptors (Lipinski definition) is 4. The second-order valence-corrected chi connectivity index (χ2v) is 6.72. The van der Waals surface area contributed by atoms with Crippen LogP contribution in [0, 0.1) is 5.92 Å². The molecule has 28 heavy (non-hydrogen) atoms. The topological polar surface area (TPSA) is 124 Å². The van der Waals surface area contributed by atoms with Crippen LogP contribution in [-0.2, 0) is 20.8 Å². The lowest BCUT2D eigenvalue weighted by atomic mass is 9.94. The Hall–Kier alpha value is -2.90. The van der Waals surface area contributed by atoms with Gasteiger partial charge in [0.15, 0.2) is 0 Å². The molecular formula is C20H20ClNO6. The molecule has 0 aliphatic heterocycles. The van der Waals surface area contributed by atoms with Gasteiger partial charge in [-0.15, -0.1) is 0 Å². The third-order valence-electron chi connectivity index (χ3n) is 4.29. The van der Waals surface area contributed by atoms with E-state index in [0.717, 1.165) is 16.7 Å². The fraction of sp³-hybridized carbons (Fsp3) is 0.250. The molecule has 7 nitrogen and oxygen atoms in total. The molecule has 0 saturated heterocycles. The summed E-state index contributed by atoms with van der Waals surface area (Å²) in [6.07, 6.45) is 0.114. The van der Waals surface area contributed by atoms with E-state index >= 15 is 0 Å². The van der Waals surface area contributed by atoms with Gasteiger partial charge in [-0.25, -0.2) is 4.79 Å². The Balaban J connectivity index is 2.18. The smallest absolute Gasteiger partial charge is 0.394 e. The zero-order valence-electron chi connectivity index (χ0n) is 14.8. The second-order valence-electron chi connectivity index (χ2n) is 6.31. The zero-order valence-corrected chi connectivity index (χ0v) is 15.6. The summed E-state index contributed by atoms with van der Waals surface area (Å²) in [6.45, 7) is -0.611. The van der Waals surface area contributed by atoms with Gasteiger partial charge >= 0.3 is 17.8 Å². The first kappa shape index (κ1) is 21.4. The summed E-state index contributed by atoms with van der Waals surface area (Å²) in [5.74, 6) is -5.21. The Morgan fingerprint density at radius 2 is 1.64 bits per heavy atom. The number of carbonyl (C=O) groups excluding carboxylic acids is 1. The van der Waals surface area contributed by atoms with Crippen LogP contribution in [0.5, 0.6) is 0 Å². The summed E-state index contributed by atoms with van der Waals surface area (Å²) in [7, 11) is 0. The molecule has 4 N–H and O–H groups in total. The molecule has 2 atom stereocenters. The third-order valence-corrected chi connectivity index (χ3v) is 4.62. The first-order chi connectivity index (χ1) is 13.3. The van der Waals surface area contributed by atoms with Crippen molar-refractivity contribution >= 4 is 29.4 Å². The van der Waals surface area contributed by atoms with Gasteiger partial charge in [0.2, 0.25) is 0 Å². The largest absolute Gasteiger partial charge is 0.481 e. The number of carbonyl (C=O) groups is 3. The Morgan fingerprint density at radius 1 is 1.00 bits per heavy atom. The van der Waals surface area contributed by atoms with E-state index in [2.05, 4.69) is 5.32 Å². The zero-order chi connectivity index (χ0) is 20.7. The second kappa shape index (κ2) is 9.87. The number of hydrogen-bond donors (Lipinski definition) is 4. The minimum atomic E-state index is -1.66. The molecule has 148 valence electrons. The normalized spacial score (nSPS) is 12.8. The molecule has 0 saturated carbocycles. The number of rotatable bonds is 8. The van der Waals surface area contributed by atoms with Gasteiger partial charge in [-0.3, -0.25) is 9.59 Å². The molecule has 0 spiro atoms. The predicted molar refractivity (Wildman–Crippen MR) is 103 cm³/mol. The monoisotopic (exact) mass is 405 g/mol. The van der Waals surface area contributed by atoms with E-state index in [1.54, 1.807) is 18.2 Å². The molecule has 0 bridgehead atoms. The lowest BCUT2D eigenvalue weighted by Gasteiger charge is -2.21. The van der Waals surface area contributed by atoms with E-state index in [1.165, 1.54) is 0 Å². The van der Waals surface area contributed by atoms with Crippen molar-refractivity contribution in [2.45, 2.75) is 18.9 Å². The lowest BCUT2D eigenvalue weighted by molar-refractivity contribution is -0.150. The molecule has 0 aliphatic carbocycles. The van der Waals surface area contributed by atoms with Crippen LogP contribution in [0.2, 0.25) is 5.02 Å². The molecule has 2 unspecified atom stereocenters. The number of aliphatic hydroxyl groups is 1. The Labute approximate surface area is 166 Å². The standard InChI is InChI=1S/C20H20ClNO6/c21-17-4-2-1-3-16(17)13-7-5-12(6-8-13)9-15(22-18(24)20(27)28)10-14(11-23)19(25)26/h1-8,14-15,23H,9-11H2,(H,22,24)(H,25,26)(H,27,28). The van der Waals surface area contributed by atoms with Crippen LogP contribution in [0.3, 0.4) is 0 Å². The van der Waals surface area contributed by atoms with Crippen LogP contribution in [0.4, 0.5) is 0 Å². The average molecular weight is 406 g/mol. The van der Waals surface area contributed by atoms with Crippen LogP contribution >= 0.6 is 11.6 Å². The maximum atomic E-state index is 11.5. The maximum Gasteiger partial charge on any atom is 0.394 e. The maximum absolute atomic E-state index is 11.5.